The lowest BCUT2D eigenvalue weighted by Gasteiger charge is -2.21. The number of rotatable bonds is 9. The van der Waals surface area contributed by atoms with E-state index in [9.17, 15) is 0 Å². The minimum atomic E-state index is 0.346. The molecule has 94 valence electrons. The lowest BCUT2D eigenvalue weighted by molar-refractivity contribution is 0.261. The molecule has 1 saturated carbocycles. The Hall–Kier alpha value is -0.770. The zero-order valence-electron chi connectivity index (χ0n) is 10.4. The van der Waals surface area contributed by atoms with Gasteiger partial charge in [-0.2, -0.15) is 0 Å². The number of hydrogen-bond donors (Lipinski definition) is 2. The minimum Gasteiger partial charge on any atom is -0.409 e. The van der Waals surface area contributed by atoms with E-state index >= 15 is 0 Å². The highest BCUT2D eigenvalue weighted by molar-refractivity contribution is 5.79. The normalized spacial score (nSPS) is 17.0. The maximum atomic E-state index is 8.49. The second kappa shape index (κ2) is 7.49. The lowest BCUT2D eigenvalue weighted by atomic mass is 10.2. The van der Waals surface area contributed by atoms with E-state index in [2.05, 4.69) is 17.0 Å². The van der Waals surface area contributed by atoms with Crippen molar-refractivity contribution in [2.45, 2.75) is 57.9 Å². The summed E-state index contributed by atoms with van der Waals surface area (Å²) in [5, 5.41) is 11.5. The first kappa shape index (κ1) is 13.3. The van der Waals surface area contributed by atoms with E-state index in [1.807, 2.05) is 0 Å². The molecule has 0 aliphatic heterocycles. The Morgan fingerprint density at radius 1 is 1.31 bits per heavy atom. The molecule has 0 radical (unpaired) electrons. The van der Waals surface area contributed by atoms with Crippen LogP contribution in [0.5, 0.6) is 0 Å². The standard InChI is InChI=1S/C12H25N3O/c1-2-3-4-5-9-15(11-6-7-11)10-8-12(13)14-16/h11,16H,2-10H2,1H3,(H2,13,14). The van der Waals surface area contributed by atoms with Gasteiger partial charge in [-0.1, -0.05) is 31.3 Å². The first-order valence-corrected chi connectivity index (χ1v) is 6.48. The molecule has 1 fully saturated rings. The Labute approximate surface area is 98.5 Å². The van der Waals surface area contributed by atoms with E-state index in [1.165, 1.54) is 45.1 Å². The predicted molar refractivity (Wildman–Crippen MR) is 66.8 cm³/mol. The maximum Gasteiger partial charge on any atom is 0.140 e. The molecule has 1 aliphatic rings. The van der Waals surface area contributed by atoms with Gasteiger partial charge < -0.3 is 10.9 Å². The van der Waals surface area contributed by atoms with Crippen molar-refractivity contribution in [3.05, 3.63) is 0 Å². The molecule has 0 spiro atoms. The molecule has 4 nitrogen and oxygen atoms in total. The number of unbranched alkanes of at least 4 members (excludes halogenated alkanes) is 3. The number of hydrogen-bond acceptors (Lipinski definition) is 3. The minimum absolute atomic E-state index is 0.346. The SMILES string of the molecule is CCCCCCN(CCC(N)=NO)C1CC1. The average molecular weight is 227 g/mol. The summed E-state index contributed by atoms with van der Waals surface area (Å²) in [5.41, 5.74) is 5.49. The molecule has 1 aliphatic carbocycles. The lowest BCUT2D eigenvalue weighted by Crippen LogP contribution is -2.31. The molecule has 0 saturated heterocycles. The Morgan fingerprint density at radius 3 is 2.62 bits per heavy atom. The van der Waals surface area contributed by atoms with E-state index in [-0.39, 0.29) is 0 Å². The third-order valence-electron chi connectivity index (χ3n) is 3.15. The Balaban J connectivity index is 2.15. The van der Waals surface area contributed by atoms with Crippen LogP contribution in [0.1, 0.15) is 51.9 Å². The first-order chi connectivity index (χ1) is 7.77. The van der Waals surface area contributed by atoms with Crippen LogP contribution in [0.15, 0.2) is 5.16 Å². The fourth-order valence-corrected chi connectivity index (χ4v) is 1.97. The van der Waals surface area contributed by atoms with Gasteiger partial charge in [-0.25, -0.2) is 0 Å². The van der Waals surface area contributed by atoms with E-state index in [1.54, 1.807) is 0 Å². The molecule has 0 bridgehead atoms. The van der Waals surface area contributed by atoms with Crippen LogP contribution >= 0.6 is 0 Å². The van der Waals surface area contributed by atoms with Crippen molar-refractivity contribution in [2.24, 2.45) is 10.9 Å². The van der Waals surface area contributed by atoms with Crippen molar-refractivity contribution < 1.29 is 5.21 Å². The third-order valence-corrected chi connectivity index (χ3v) is 3.15. The maximum absolute atomic E-state index is 8.49. The largest absolute Gasteiger partial charge is 0.409 e. The van der Waals surface area contributed by atoms with Gasteiger partial charge in [0.05, 0.1) is 0 Å². The molecular weight excluding hydrogens is 202 g/mol. The highest BCUT2D eigenvalue weighted by atomic mass is 16.4. The topological polar surface area (TPSA) is 61.8 Å². The molecule has 0 amide bonds. The molecule has 0 unspecified atom stereocenters. The quantitative estimate of drug-likeness (QED) is 0.209. The fraction of sp³-hybridized carbons (Fsp3) is 0.917. The number of nitrogens with zero attached hydrogens (tertiary/aromatic N) is 2. The summed E-state index contributed by atoms with van der Waals surface area (Å²) in [4.78, 5) is 2.49. The molecule has 4 heteroatoms. The van der Waals surface area contributed by atoms with Crippen molar-refractivity contribution in [1.82, 2.24) is 4.90 Å². The van der Waals surface area contributed by atoms with Gasteiger partial charge in [-0.15, -0.1) is 0 Å². The summed E-state index contributed by atoms with van der Waals surface area (Å²) in [5.74, 6) is 0.346. The van der Waals surface area contributed by atoms with Crippen molar-refractivity contribution >= 4 is 5.84 Å². The van der Waals surface area contributed by atoms with Crippen LogP contribution in [0.2, 0.25) is 0 Å². The van der Waals surface area contributed by atoms with E-state index in [4.69, 9.17) is 10.9 Å². The summed E-state index contributed by atoms with van der Waals surface area (Å²) >= 11 is 0. The van der Waals surface area contributed by atoms with Crippen LogP contribution in [0.3, 0.4) is 0 Å². The third kappa shape index (κ3) is 5.35. The van der Waals surface area contributed by atoms with Gasteiger partial charge in [0, 0.05) is 19.0 Å². The average Bonchev–Trinajstić information content (AvgIpc) is 3.11. The molecule has 0 atom stereocenters. The number of nitrogens with two attached hydrogens (primary N) is 1. The monoisotopic (exact) mass is 227 g/mol. The highest BCUT2D eigenvalue weighted by Gasteiger charge is 2.28. The zero-order chi connectivity index (χ0) is 11.8. The van der Waals surface area contributed by atoms with Gasteiger partial charge in [0.15, 0.2) is 0 Å². The van der Waals surface area contributed by atoms with Crippen molar-refractivity contribution in [3.63, 3.8) is 0 Å². The second-order valence-electron chi connectivity index (χ2n) is 4.67. The summed E-state index contributed by atoms with van der Waals surface area (Å²) in [6.07, 6.45) is 8.55. The fourth-order valence-electron chi connectivity index (χ4n) is 1.97. The van der Waals surface area contributed by atoms with Crippen LogP contribution in [-0.2, 0) is 0 Å². The van der Waals surface area contributed by atoms with Gasteiger partial charge in [0.2, 0.25) is 0 Å². The molecule has 16 heavy (non-hydrogen) atoms. The van der Waals surface area contributed by atoms with Crippen LogP contribution in [-0.4, -0.2) is 35.1 Å². The zero-order valence-corrected chi connectivity index (χ0v) is 10.4. The van der Waals surface area contributed by atoms with Crippen molar-refractivity contribution in [2.75, 3.05) is 13.1 Å². The molecule has 0 aromatic rings. The van der Waals surface area contributed by atoms with Crippen molar-refractivity contribution in [1.29, 1.82) is 0 Å². The Kier molecular flexibility index (Phi) is 6.23. The van der Waals surface area contributed by atoms with Gasteiger partial charge in [-0.05, 0) is 25.8 Å². The van der Waals surface area contributed by atoms with Crippen LogP contribution in [0.25, 0.3) is 0 Å². The van der Waals surface area contributed by atoms with Gasteiger partial charge in [-0.3, -0.25) is 4.90 Å². The van der Waals surface area contributed by atoms with Crippen LogP contribution < -0.4 is 5.73 Å². The van der Waals surface area contributed by atoms with Crippen LogP contribution in [0, 0.1) is 0 Å². The molecule has 0 aromatic heterocycles. The number of amidine groups is 1. The Morgan fingerprint density at radius 2 is 2.06 bits per heavy atom. The molecule has 0 heterocycles. The van der Waals surface area contributed by atoms with Gasteiger partial charge in [0.1, 0.15) is 5.84 Å². The molecular formula is C12H25N3O. The van der Waals surface area contributed by atoms with E-state index < -0.39 is 0 Å². The summed E-state index contributed by atoms with van der Waals surface area (Å²) in [6.45, 7) is 4.34. The van der Waals surface area contributed by atoms with E-state index in [0.717, 1.165) is 12.6 Å². The highest BCUT2D eigenvalue weighted by Crippen LogP contribution is 2.27. The smallest absolute Gasteiger partial charge is 0.140 e. The van der Waals surface area contributed by atoms with Crippen molar-refractivity contribution in [3.8, 4) is 0 Å². The predicted octanol–water partition coefficient (Wildman–Crippen LogP) is 2.17. The van der Waals surface area contributed by atoms with Gasteiger partial charge in [0.25, 0.3) is 0 Å². The summed E-state index contributed by atoms with van der Waals surface area (Å²) in [6, 6.07) is 0.771. The summed E-state index contributed by atoms with van der Waals surface area (Å²) in [7, 11) is 0. The first-order valence-electron chi connectivity index (χ1n) is 6.48. The molecule has 0 aromatic carbocycles. The molecule has 1 rings (SSSR count). The second-order valence-corrected chi connectivity index (χ2v) is 4.67. The number of oxime groups is 1. The molecule has 3 N–H and O–H groups in total. The Bertz CT molecular complexity index is 214. The van der Waals surface area contributed by atoms with Gasteiger partial charge >= 0.3 is 0 Å². The summed E-state index contributed by atoms with van der Waals surface area (Å²) < 4.78 is 0. The van der Waals surface area contributed by atoms with E-state index in [0.29, 0.717) is 12.3 Å². The van der Waals surface area contributed by atoms with Crippen LogP contribution in [0.4, 0.5) is 0 Å².